The van der Waals surface area contributed by atoms with Crippen LogP contribution in [-0.4, -0.2) is 29.0 Å². The number of ether oxygens (including phenoxy) is 1. The summed E-state index contributed by atoms with van der Waals surface area (Å²) in [7, 11) is 1.87. The molecule has 1 aromatic heterocycles. The van der Waals surface area contributed by atoms with Crippen LogP contribution in [0.15, 0.2) is 42.6 Å². The van der Waals surface area contributed by atoms with Gasteiger partial charge < -0.3 is 15.0 Å². The largest absolute Gasteiger partial charge is 0.486 e. The molecule has 27 heavy (non-hydrogen) atoms. The van der Waals surface area contributed by atoms with E-state index in [9.17, 15) is 4.79 Å². The highest BCUT2D eigenvalue weighted by atomic mass is 35.5. The summed E-state index contributed by atoms with van der Waals surface area (Å²) in [5.74, 6) is 1.09. The summed E-state index contributed by atoms with van der Waals surface area (Å²) in [6, 6.07) is 11.1. The zero-order valence-electron chi connectivity index (χ0n) is 15.8. The second kappa shape index (κ2) is 9.09. The van der Waals surface area contributed by atoms with Gasteiger partial charge in [0, 0.05) is 25.0 Å². The third-order valence-corrected chi connectivity index (χ3v) is 5.46. The van der Waals surface area contributed by atoms with E-state index in [4.69, 9.17) is 16.3 Å². The molecular formula is C21H26ClN3O2. The van der Waals surface area contributed by atoms with E-state index >= 15 is 0 Å². The number of benzene rings is 1. The fourth-order valence-electron chi connectivity index (χ4n) is 3.57. The van der Waals surface area contributed by atoms with Gasteiger partial charge in [0.25, 0.3) is 0 Å². The van der Waals surface area contributed by atoms with Gasteiger partial charge in [0.1, 0.15) is 12.4 Å². The lowest BCUT2D eigenvalue weighted by Crippen LogP contribution is -2.44. The van der Waals surface area contributed by atoms with Gasteiger partial charge in [0.05, 0.1) is 10.7 Å². The van der Waals surface area contributed by atoms with Crippen LogP contribution in [0.1, 0.15) is 38.3 Å². The van der Waals surface area contributed by atoms with Gasteiger partial charge in [-0.3, -0.25) is 4.98 Å². The van der Waals surface area contributed by atoms with Crippen molar-refractivity contribution < 1.29 is 9.53 Å². The molecule has 1 N–H and O–H groups in total. The molecule has 0 unspecified atom stereocenters. The fraction of sp³-hybridized carbons (Fsp3) is 0.429. The Morgan fingerprint density at radius 1 is 1.30 bits per heavy atom. The molecule has 1 aliphatic carbocycles. The summed E-state index contributed by atoms with van der Waals surface area (Å²) >= 11 is 6.32. The molecule has 1 aliphatic rings. The molecule has 0 spiro atoms. The molecule has 2 atom stereocenters. The molecule has 0 bridgehead atoms. The van der Waals surface area contributed by atoms with Crippen LogP contribution in [0.3, 0.4) is 0 Å². The number of amides is 2. The first-order valence-electron chi connectivity index (χ1n) is 9.40. The lowest BCUT2D eigenvalue weighted by molar-refractivity contribution is 0.155. The van der Waals surface area contributed by atoms with E-state index in [0.29, 0.717) is 29.0 Å². The molecule has 2 amide bonds. The predicted octanol–water partition coefficient (Wildman–Crippen LogP) is 5.36. The van der Waals surface area contributed by atoms with Crippen LogP contribution in [0.4, 0.5) is 10.5 Å². The van der Waals surface area contributed by atoms with Crippen LogP contribution in [0.25, 0.3) is 0 Å². The summed E-state index contributed by atoms with van der Waals surface area (Å²) < 4.78 is 5.72. The number of pyridine rings is 1. The highest BCUT2D eigenvalue weighted by Gasteiger charge is 2.27. The molecule has 5 nitrogen and oxygen atoms in total. The minimum atomic E-state index is -0.105. The molecule has 1 heterocycles. The maximum absolute atomic E-state index is 12.6. The van der Waals surface area contributed by atoms with Crippen molar-refractivity contribution in [2.45, 2.75) is 45.3 Å². The van der Waals surface area contributed by atoms with Crippen molar-refractivity contribution in [2.75, 3.05) is 12.4 Å². The van der Waals surface area contributed by atoms with E-state index in [2.05, 4.69) is 17.2 Å². The van der Waals surface area contributed by atoms with Crippen molar-refractivity contribution in [3.8, 4) is 5.75 Å². The number of hydrogen-bond donors (Lipinski definition) is 1. The summed E-state index contributed by atoms with van der Waals surface area (Å²) in [6.07, 6.45) is 6.40. The summed E-state index contributed by atoms with van der Waals surface area (Å²) in [5.41, 5.74) is 1.49. The standard InChI is InChI=1S/C21H26ClN3O2/c1-15-7-3-4-9-19(15)25(2)21(26)24-16-10-11-20(18(22)13-16)27-14-17-8-5-6-12-23-17/h5-6,8,10-13,15,19H,3-4,7,9,14H2,1-2H3,(H,24,26)/t15-,19-/m0/s1. The lowest BCUT2D eigenvalue weighted by Gasteiger charge is -2.36. The van der Waals surface area contributed by atoms with Gasteiger partial charge in [-0.2, -0.15) is 0 Å². The van der Waals surface area contributed by atoms with E-state index in [-0.39, 0.29) is 12.1 Å². The molecule has 1 aromatic carbocycles. The average Bonchev–Trinajstić information content (AvgIpc) is 2.68. The highest BCUT2D eigenvalue weighted by Crippen LogP contribution is 2.30. The molecule has 0 saturated heterocycles. The van der Waals surface area contributed by atoms with Crippen molar-refractivity contribution in [3.63, 3.8) is 0 Å². The number of hydrogen-bond acceptors (Lipinski definition) is 3. The third-order valence-electron chi connectivity index (χ3n) is 5.17. The Hall–Kier alpha value is -2.27. The zero-order chi connectivity index (χ0) is 19.2. The van der Waals surface area contributed by atoms with Gasteiger partial charge in [-0.25, -0.2) is 4.79 Å². The number of nitrogens with one attached hydrogen (secondary N) is 1. The van der Waals surface area contributed by atoms with E-state index in [1.165, 1.54) is 19.3 Å². The normalized spacial score (nSPS) is 19.4. The molecule has 0 radical (unpaired) electrons. The minimum Gasteiger partial charge on any atom is -0.486 e. The van der Waals surface area contributed by atoms with Gasteiger partial charge in [0.15, 0.2) is 0 Å². The van der Waals surface area contributed by atoms with Crippen molar-refractivity contribution in [3.05, 3.63) is 53.3 Å². The zero-order valence-corrected chi connectivity index (χ0v) is 16.6. The molecule has 2 aromatic rings. The molecule has 6 heteroatoms. The SMILES string of the molecule is C[C@H]1CCCC[C@@H]1N(C)C(=O)Nc1ccc(OCc2ccccn2)c(Cl)c1. The van der Waals surface area contributed by atoms with Crippen LogP contribution in [-0.2, 0) is 6.61 Å². The van der Waals surface area contributed by atoms with Gasteiger partial charge >= 0.3 is 6.03 Å². The molecule has 3 rings (SSSR count). The smallest absolute Gasteiger partial charge is 0.321 e. The Kier molecular flexibility index (Phi) is 6.56. The molecular weight excluding hydrogens is 362 g/mol. The fourth-order valence-corrected chi connectivity index (χ4v) is 3.80. The number of aromatic nitrogens is 1. The van der Waals surface area contributed by atoms with Crippen molar-refractivity contribution in [1.29, 1.82) is 0 Å². The lowest BCUT2D eigenvalue weighted by atomic mass is 9.85. The number of carbonyl (C=O) groups excluding carboxylic acids is 1. The highest BCUT2D eigenvalue weighted by molar-refractivity contribution is 6.32. The van der Waals surface area contributed by atoms with E-state index in [1.54, 1.807) is 24.4 Å². The Morgan fingerprint density at radius 2 is 2.11 bits per heavy atom. The molecule has 1 fully saturated rings. The molecule has 0 aliphatic heterocycles. The topological polar surface area (TPSA) is 54.5 Å². The average molecular weight is 388 g/mol. The van der Waals surface area contributed by atoms with Gasteiger partial charge in [-0.05, 0) is 49.1 Å². The third kappa shape index (κ3) is 5.13. The van der Waals surface area contributed by atoms with E-state index in [0.717, 1.165) is 12.1 Å². The minimum absolute atomic E-state index is 0.105. The van der Waals surface area contributed by atoms with Crippen LogP contribution in [0, 0.1) is 5.92 Å². The Balaban J connectivity index is 1.59. The van der Waals surface area contributed by atoms with Crippen molar-refractivity contribution >= 4 is 23.3 Å². The van der Waals surface area contributed by atoms with Crippen LogP contribution >= 0.6 is 11.6 Å². The maximum Gasteiger partial charge on any atom is 0.321 e. The van der Waals surface area contributed by atoms with Gasteiger partial charge in [-0.1, -0.05) is 37.4 Å². The van der Waals surface area contributed by atoms with Crippen LogP contribution in [0.2, 0.25) is 5.02 Å². The van der Waals surface area contributed by atoms with Crippen molar-refractivity contribution in [1.82, 2.24) is 9.88 Å². The second-order valence-electron chi connectivity index (χ2n) is 7.13. The number of urea groups is 1. The van der Waals surface area contributed by atoms with Crippen molar-refractivity contribution in [2.24, 2.45) is 5.92 Å². The summed E-state index contributed by atoms with van der Waals surface area (Å²) in [4.78, 5) is 18.6. The summed E-state index contributed by atoms with van der Waals surface area (Å²) in [6.45, 7) is 2.56. The summed E-state index contributed by atoms with van der Waals surface area (Å²) in [5, 5.41) is 3.39. The van der Waals surface area contributed by atoms with E-state index < -0.39 is 0 Å². The first-order valence-corrected chi connectivity index (χ1v) is 9.78. The number of carbonyl (C=O) groups is 1. The maximum atomic E-state index is 12.6. The van der Waals surface area contributed by atoms with Crippen LogP contribution in [0.5, 0.6) is 5.75 Å². The van der Waals surface area contributed by atoms with E-state index in [1.807, 2.05) is 30.1 Å². The Bertz CT molecular complexity index is 769. The number of nitrogens with zero attached hydrogens (tertiary/aromatic N) is 2. The van der Waals surface area contributed by atoms with Gasteiger partial charge in [-0.15, -0.1) is 0 Å². The molecule has 144 valence electrons. The predicted molar refractivity (Wildman–Crippen MR) is 108 cm³/mol. The second-order valence-corrected chi connectivity index (χ2v) is 7.53. The number of halogens is 1. The monoisotopic (exact) mass is 387 g/mol. The Morgan fingerprint density at radius 3 is 2.81 bits per heavy atom. The quantitative estimate of drug-likeness (QED) is 0.751. The number of rotatable bonds is 5. The number of anilines is 1. The first kappa shape index (κ1) is 19.5. The van der Waals surface area contributed by atoms with Crippen LogP contribution < -0.4 is 10.1 Å². The first-order chi connectivity index (χ1) is 13.0. The Labute approximate surface area is 165 Å². The molecule has 1 saturated carbocycles. The van der Waals surface area contributed by atoms with Gasteiger partial charge in [0.2, 0.25) is 0 Å².